The van der Waals surface area contributed by atoms with Gasteiger partial charge in [-0.25, -0.2) is 0 Å². The third-order valence-corrected chi connectivity index (χ3v) is 6.60. The van der Waals surface area contributed by atoms with E-state index in [0.717, 1.165) is 12.8 Å². The summed E-state index contributed by atoms with van der Waals surface area (Å²) in [5, 5.41) is 0. The Bertz CT molecular complexity index is 413. The summed E-state index contributed by atoms with van der Waals surface area (Å²) in [6, 6.07) is 0. The zero-order valence-corrected chi connectivity index (χ0v) is 29.4. The van der Waals surface area contributed by atoms with E-state index in [-0.39, 0.29) is 31.4 Å². The minimum atomic E-state index is -0.110. The molecule has 37 heavy (non-hydrogen) atoms. The van der Waals surface area contributed by atoms with Crippen molar-refractivity contribution < 1.29 is 38.5 Å². The molecular formula is C30H60O4S2Zn. The van der Waals surface area contributed by atoms with E-state index in [0.29, 0.717) is 37.6 Å². The Balaban J connectivity index is -0.000000608. The summed E-state index contributed by atoms with van der Waals surface area (Å²) in [6.07, 6.45) is 27.0. The first-order valence-corrected chi connectivity index (χ1v) is 16.4. The van der Waals surface area contributed by atoms with Crippen molar-refractivity contribution in [2.75, 3.05) is 24.7 Å². The third-order valence-electron chi connectivity index (χ3n) is 6.15. The first-order valence-electron chi connectivity index (χ1n) is 15.1. The predicted octanol–water partition coefficient (Wildman–Crippen LogP) is 9.54. The molecule has 4 nitrogen and oxygen atoms in total. The quantitative estimate of drug-likeness (QED) is 0.0441. The smallest absolute Gasteiger partial charge is 0.306 e. The Kier molecular flexibility index (Phi) is 43.3. The molecule has 0 aliphatic heterocycles. The van der Waals surface area contributed by atoms with Crippen LogP contribution in [0.3, 0.4) is 0 Å². The summed E-state index contributed by atoms with van der Waals surface area (Å²) >= 11 is 7.98. The molecule has 0 aliphatic rings. The average molecular weight is 614 g/mol. The van der Waals surface area contributed by atoms with E-state index in [4.69, 9.17) is 9.47 Å². The van der Waals surface area contributed by atoms with Gasteiger partial charge in [-0.1, -0.05) is 129 Å². The van der Waals surface area contributed by atoms with E-state index < -0.39 is 0 Å². The van der Waals surface area contributed by atoms with Gasteiger partial charge in [0, 0.05) is 31.0 Å². The third kappa shape index (κ3) is 40.9. The van der Waals surface area contributed by atoms with Crippen LogP contribution in [0.25, 0.3) is 0 Å². The number of thiol groups is 2. The molecule has 0 fully saturated rings. The fourth-order valence-electron chi connectivity index (χ4n) is 3.88. The predicted molar refractivity (Wildman–Crippen MR) is 163 cm³/mol. The first-order chi connectivity index (χ1) is 17.6. The summed E-state index contributed by atoms with van der Waals surface area (Å²) in [5.41, 5.74) is 0. The van der Waals surface area contributed by atoms with Crippen LogP contribution in [0.15, 0.2) is 0 Å². The molecule has 0 N–H and O–H groups in total. The molecule has 7 heteroatoms. The number of carbonyl (C=O) groups is 2. The van der Waals surface area contributed by atoms with Gasteiger partial charge in [0.15, 0.2) is 0 Å². The standard InChI is InChI=1S/2C15H30O2S.Zn/c2*1-2-3-4-5-6-7-8-9-10-11-13-17-15(16)12-14-18;/h2*18H,2-14H2,1H3;. The summed E-state index contributed by atoms with van der Waals surface area (Å²) in [4.78, 5) is 22.1. The van der Waals surface area contributed by atoms with Crippen LogP contribution in [-0.2, 0) is 38.5 Å². The molecule has 0 heterocycles. The molecule has 0 unspecified atom stereocenters. The maximum atomic E-state index is 11.0. The van der Waals surface area contributed by atoms with Gasteiger partial charge in [-0.05, 0) is 12.8 Å². The Morgan fingerprint density at radius 1 is 0.459 bits per heavy atom. The number of hydrogen-bond acceptors (Lipinski definition) is 6. The number of carbonyl (C=O) groups excluding carboxylic acids is 2. The number of rotatable bonds is 26. The van der Waals surface area contributed by atoms with E-state index in [1.165, 1.54) is 116 Å². The van der Waals surface area contributed by atoms with Gasteiger partial charge in [0.25, 0.3) is 0 Å². The zero-order valence-electron chi connectivity index (χ0n) is 24.6. The fraction of sp³-hybridized carbons (Fsp3) is 0.933. The second kappa shape index (κ2) is 38.4. The minimum Gasteiger partial charge on any atom is -0.466 e. The maximum absolute atomic E-state index is 11.0. The van der Waals surface area contributed by atoms with Crippen LogP contribution >= 0.6 is 25.3 Å². The molecule has 218 valence electrons. The van der Waals surface area contributed by atoms with Crippen LogP contribution < -0.4 is 0 Å². The van der Waals surface area contributed by atoms with Crippen molar-refractivity contribution in [1.82, 2.24) is 0 Å². The molecule has 0 aliphatic carbocycles. The van der Waals surface area contributed by atoms with Crippen molar-refractivity contribution in [3.8, 4) is 0 Å². The monoisotopic (exact) mass is 612 g/mol. The van der Waals surface area contributed by atoms with Crippen molar-refractivity contribution in [2.45, 2.75) is 155 Å². The molecule has 0 bridgehead atoms. The molecule has 0 saturated heterocycles. The number of ether oxygens (including phenoxy) is 2. The van der Waals surface area contributed by atoms with E-state index >= 15 is 0 Å². The van der Waals surface area contributed by atoms with Gasteiger partial charge in [-0.3, -0.25) is 9.59 Å². The second-order valence-electron chi connectivity index (χ2n) is 9.75. The van der Waals surface area contributed by atoms with Crippen LogP contribution in [0.4, 0.5) is 0 Å². The van der Waals surface area contributed by atoms with Crippen LogP contribution in [0, 0.1) is 0 Å². The van der Waals surface area contributed by atoms with Crippen molar-refractivity contribution in [3.05, 3.63) is 0 Å². The molecule has 0 atom stereocenters. The van der Waals surface area contributed by atoms with Crippen molar-refractivity contribution >= 4 is 37.2 Å². The second-order valence-corrected chi connectivity index (χ2v) is 10.6. The van der Waals surface area contributed by atoms with Crippen molar-refractivity contribution in [2.24, 2.45) is 0 Å². The molecule has 0 saturated carbocycles. The van der Waals surface area contributed by atoms with Crippen molar-refractivity contribution in [1.29, 1.82) is 0 Å². The summed E-state index contributed by atoms with van der Waals surface area (Å²) < 4.78 is 10.1. The molecule has 0 aromatic heterocycles. The molecule has 0 amide bonds. The van der Waals surface area contributed by atoms with Gasteiger partial charge < -0.3 is 9.47 Å². The maximum Gasteiger partial charge on any atom is 0.306 e. The molecule has 0 rings (SSSR count). The van der Waals surface area contributed by atoms with Gasteiger partial charge >= 0.3 is 11.9 Å². The van der Waals surface area contributed by atoms with E-state index in [1.54, 1.807) is 0 Å². The van der Waals surface area contributed by atoms with Crippen LogP contribution in [0.1, 0.15) is 155 Å². The molecule has 0 aromatic carbocycles. The normalized spacial score (nSPS) is 10.3. The Hall–Kier alpha value is 0.263. The largest absolute Gasteiger partial charge is 0.466 e. The molecule has 0 aromatic rings. The van der Waals surface area contributed by atoms with Crippen LogP contribution in [0.5, 0.6) is 0 Å². The summed E-state index contributed by atoms with van der Waals surface area (Å²) in [5.74, 6) is 0.940. The van der Waals surface area contributed by atoms with E-state index in [1.807, 2.05) is 0 Å². The summed E-state index contributed by atoms with van der Waals surface area (Å²) in [6.45, 7) is 5.68. The Morgan fingerprint density at radius 3 is 0.946 bits per heavy atom. The minimum absolute atomic E-state index is 0. The molecular weight excluding hydrogens is 554 g/mol. The van der Waals surface area contributed by atoms with Gasteiger partial charge in [-0.2, -0.15) is 25.3 Å². The average Bonchev–Trinajstić information content (AvgIpc) is 2.86. The SMILES string of the molecule is CCCCCCCCCCCCOC(=O)CCS.CCCCCCCCCCCCOC(=O)CCS.[Zn]. The van der Waals surface area contributed by atoms with E-state index in [2.05, 4.69) is 39.1 Å². The van der Waals surface area contributed by atoms with E-state index in [9.17, 15) is 9.59 Å². The first kappa shape index (κ1) is 41.7. The number of unbranched alkanes of at least 4 members (excludes halogenated alkanes) is 18. The Morgan fingerprint density at radius 2 is 0.703 bits per heavy atom. The zero-order chi connectivity index (χ0) is 27.0. The van der Waals surface area contributed by atoms with Gasteiger partial charge in [0.05, 0.1) is 26.1 Å². The fourth-order valence-corrected chi connectivity index (χ4v) is 4.24. The van der Waals surface area contributed by atoms with Gasteiger partial charge in [-0.15, -0.1) is 0 Å². The van der Waals surface area contributed by atoms with Crippen LogP contribution in [0.2, 0.25) is 0 Å². The van der Waals surface area contributed by atoms with Crippen LogP contribution in [-0.4, -0.2) is 36.7 Å². The Labute approximate surface area is 254 Å². The number of hydrogen-bond donors (Lipinski definition) is 2. The number of esters is 2. The van der Waals surface area contributed by atoms with Gasteiger partial charge in [0.1, 0.15) is 0 Å². The molecule has 0 spiro atoms. The topological polar surface area (TPSA) is 52.6 Å². The van der Waals surface area contributed by atoms with Crippen molar-refractivity contribution in [3.63, 3.8) is 0 Å². The molecule has 0 radical (unpaired) electrons. The van der Waals surface area contributed by atoms with Gasteiger partial charge in [0.2, 0.25) is 0 Å². The summed E-state index contributed by atoms with van der Waals surface area (Å²) in [7, 11) is 0.